The fourth-order valence-corrected chi connectivity index (χ4v) is 2.99. The maximum atomic E-state index is 13.2. The number of carbonyl (C=O) groups is 1. The molecular weight excluding hydrogens is 306 g/mol. The number of amides is 1. The molecule has 0 spiro atoms. The highest BCUT2D eigenvalue weighted by Gasteiger charge is 2.11. The summed E-state index contributed by atoms with van der Waals surface area (Å²) in [6, 6.07) is 8.44. The van der Waals surface area contributed by atoms with Gasteiger partial charge >= 0.3 is 0 Å². The van der Waals surface area contributed by atoms with E-state index in [1.165, 1.54) is 6.07 Å². The van der Waals surface area contributed by atoms with E-state index >= 15 is 0 Å². The molecule has 1 heterocycles. The molecular formula is C16H12F2N2OS. The van der Waals surface area contributed by atoms with E-state index < -0.39 is 17.5 Å². The Labute approximate surface area is 129 Å². The van der Waals surface area contributed by atoms with Crippen molar-refractivity contribution in [2.24, 2.45) is 0 Å². The van der Waals surface area contributed by atoms with E-state index in [9.17, 15) is 13.6 Å². The molecule has 3 aromatic rings. The Balaban J connectivity index is 1.85. The number of anilines is 1. The minimum Gasteiger partial charge on any atom is -0.322 e. The van der Waals surface area contributed by atoms with E-state index in [0.717, 1.165) is 33.8 Å². The molecule has 0 saturated heterocycles. The van der Waals surface area contributed by atoms with E-state index in [-0.39, 0.29) is 5.56 Å². The lowest BCUT2D eigenvalue weighted by Gasteiger charge is -2.05. The average molecular weight is 318 g/mol. The van der Waals surface area contributed by atoms with Gasteiger partial charge < -0.3 is 5.32 Å². The number of rotatable bonds is 3. The summed E-state index contributed by atoms with van der Waals surface area (Å²) < 4.78 is 27.0. The quantitative estimate of drug-likeness (QED) is 0.778. The van der Waals surface area contributed by atoms with Gasteiger partial charge in [0.1, 0.15) is 0 Å². The highest BCUT2D eigenvalue weighted by atomic mass is 32.1. The molecule has 0 saturated carbocycles. The van der Waals surface area contributed by atoms with Crippen LogP contribution in [0.3, 0.4) is 0 Å². The van der Waals surface area contributed by atoms with Crippen LogP contribution in [0, 0.1) is 11.6 Å². The molecule has 1 aromatic heterocycles. The Hall–Kier alpha value is -2.34. The van der Waals surface area contributed by atoms with E-state index in [4.69, 9.17) is 0 Å². The smallest absolute Gasteiger partial charge is 0.255 e. The normalized spacial score (nSPS) is 10.9. The Morgan fingerprint density at radius 2 is 2.00 bits per heavy atom. The van der Waals surface area contributed by atoms with Crippen LogP contribution in [0.5, 0.6) is 0 Å². The van der Waals surface area contributed by atoms with Crippen molar-refractivity contribution in [2.75, 3.05) is 5.32 Å². The molecule has 0 aliphatic rings. The molecule has 0 unspecified atom stereocenters. The van der Waals surface area contributed by atoms with Crippen LogP contribution < -0.4 is 5.32 Å². The lowest BCUT2D eigenvalue weighted by atomic mass is 10.2. The van der Waals surface area contributed by atoms with Crippen molar-refractivity contribution in [1.82, 2.24) is 4.98 Å². The predicted molar refractivity (Wildman–Crippen MR) is 83.3 cm³/mol. The number of thiazole rings is 1. The first-order valence-corrected chi connectivity index (χ1v) is 7.54. The van der Waals surface area contributed by atoms with Crippen molar-refractivity contribution in [3.05, 3.63) is 58.6 Å². The lowest BCUT2D eigenvalue weighted by Crippen LogP contribution is -2.12. The highest BCUT2D eigenvalue weighted by molar-refractivity contribution is 7.18. The second-order valence-electron chi connectivity index (χ2n) is 4.73. The highest BCUT2D eigenvalue weighted by Crippen LogP contribution is 2.25. The van der Waals surface area contributed by atoms with Gasteiger partial charge in [0.05, 0.1) is 15.2 Å². The summed E-state index contributed by atoms with van der Waals surface area (Å²) in [5.74, 6) is -2.51. The van der Waals surface area contributed by atoms with E-state index in [2.05, 4.69) is 10.3 Å². The zero-order chi connectivity index (χ0) is 15.7. The summed E-state index contributed by atoms with van der Waals surface area (Å²) in [5, 5.41) is 3.70. The molecule has 3 nitrogen and oxygen atoms in total. The second-order valence-corrected chi connectivity index (χ2v) is 5.84. The van der Waals surface area contributed by atoms with E-state index in [1.807, 2.05) is 19.1 Å². The monoisotopic (exact) mass is 318 g/mol. The minimum atomic E-state index is -1.04. The molecule has 0 fully saturated rings. The van der Waals surface area contributed by atoms with Gasteiger partial charge in [-0.2, -0.15) is 0 Å². The van der Waals surface area contributed by atoms with Crippen LogP contribution in [-0.2, 0) is 6.42 Å². The Morgan fingerprint density at radius 1 is 1.18 bits per heavy atom. The van der Waals surface area contributed by atoms with Gasteiger partial charge in [0.25, 0.3) is 5.91 Å². The second kappa shape index (κ2) is 5.81. The fraction of sp³-hybridized carbons (Fsp3) is 0.125. The summed E-state index contributed by atoms with van der Waals surface area (Å²) in [5.41, 5.74) is 1.54. The Bertz CT molecular complexity index is 860. The first-order valence-electron chi connectivity index (χ1n) is 6.72. The molecule has 0 aliphatic heterocycles. The fourth-order valence-electron chi connectivity index (χ4n) is 2.04. The van der Waals surface area contributed by atoms with Crippen molar-refractivity contribution in [2.45, 2.75) is 13.3 Å². The number of aryl methyl sites for hydroxylation is 1. The molecule has 6 heteroatoms. The molecule has 3 rings (SSSR count). The average Bonchev–Trinajstić information content (AvgIpc) is 2.92. The van der Waals surface area contributed by atoms with Crippen LogP contribution in [0.4, 0.5) is 14.5 Å². The molecule has 2 aromatic carbocycles. The van der Waals surface area contributed by atoms with Crippen molar-refractivity contribution in [1.29, 1.82) is 0 Å². The number of fused-ring (bicyclic) bond motifs is 1. The van der Waals surface area contributed by atoms with Crippen LogP contribution in [-0.4, -0.2) is 10.9 Å². The number of nitrogens with one attached hydrogen (secondary N) is 1. The molecule has 0 bridgehead atoms. The van der Waals surface area contributed by atoms with Crippen LogP contribution in [0.15, 0.2) is 36.4 Å². The molecule has 1 N–H and O–H groups in total. The summed E-state index contributed by atoms with van der Waals surface area (Å²) in [6.45, 7) is 2.03. The third-order valence-electron chi connectivity index (χ3n) is 3.17. The number of carbonyl (C=O) groups excluding carboxylic acids is 1. The Morgan fingerprint density at radius 3 is 2.73 bits per heavy atom. The molecule has 1 amide bonds. The number of nitrogens with zero attached hydrogens (tertiary/aromatic N) is 1. The third-order valence-corrected chi connectivity index (χ3v) is 4.34. The van der Waals surface area contributed by atoms with Crippen LogP contribution >= 0.6 is 11.3 Å². The Kier molecular flexibility index (Phi) is 3.85. The van der Waals surface area contributed by atoms with Gasteiger partial charge in [-0.3, -0.25) is 4.79 Å². The summed E-state index contributed by atoms with van der Waals surface area (Å²) in [7, 11) is 0. The van der Waals surface area contributed by atoms with Crippen molar-refractivity contribution in [3.8, 4) is 0 Å². The van der Waals surface area contributed by atoms with E-state index in [0.29, 0.717) is 5.69 Å². The number of halogens is 2. The molecule has 22 heavy (non-hydrogen) atoms. The summed E-state index contributed by atoms with van der Waals surface area (Å²) in [4.78, 5) is 16.5. The SMILES string of the molecule is CCc1nc2ccc(NC(=O)c3ccc(F)c(F)c3)cc2s1. The number of aromatic nitrogens is 1. The lowest BCUT2D eigenvalue weighted by molar-refractivity contribution is 0.102. The van der Waals surface area contributed by atoms with Gasteiger partial charge in [-0.15, -0.1) is 11.3 Å². The maximum absolute atomic E-state index is 13.2. The summed E-state index contributed by atoms with van der Waals surface area (Å²) >= 11 is 1.57. The van der Waals surface area contributed by atoms with Gasteiger partial charge in [-0.1, -0.05) is 6.92 Å². The minimum absolute atomic E-state index is 0.0672. The zero-order valence-corrected chi connectivity index (χ0v) is 12.5. The maximum Gasteiger partial charge on any atom is 0.255 e. The first-order chi connectivity index (χ1) is 10.6. The number of benzene rings is 2. The topological polar surface area (TPSA) is 42.0 Å². The molecule has 0 aliphatic carbocycles. The number of hydrogen-bond acceptors (Lipinski definition) is 3. The predicted octanol–water partition coefficient (Wildman–Crippen LogP) is 4.39. The molecule has 0 radical (unpaired) electrons. The van der Waals surface area contributed by atoms with Crippen molar-refractivity contribution in [3.63, 3.8) is 0 Å². The van der Waals surface area contributed by atoms with Crippen molar-refractivity contribution < 1.29 is 13.6 Å². The van der Waals surface area contributed by atoms with Gasteiger partial charge in [0, 0.05) is 11.3 Å². The van der Waals surface area contributed by atoms with Crippen LogP contribution in [0.2, 0.25) is 0 Å². The van der Waals surface area contributed by atoms with Crippen LogP contribution in [0.25, 0.3) is 10.2 Å². The third kappa shape index (κ3) is 2.82. The number of hydrogen-bond donors (Lipinski definition) is 1. The largest absolute Gasteiger partial charge is 0.322 e. The van der Waals surface area contributed by atoms with Gasteiger partial charge in [-0.25, -0.2) is 13.8 Å². The summed E-state index contributed by atoms with van der Waals surface area (Å²) in [6.07, 6.45) is 0.857. The molecule has 112 valence electrons. The standard InChI is InChI=1S/C16H12F2N2OS/c1-2-15-20-13-6-4-10(8-14(13)22-15)19-16(21)9-3-5-11(17)12(18)7-9/h3-8H,2H2,1H3,(H,19,21). The zero-order valence-electron chi connectivity index (χ0n) is 11.7. The van der Waals surface area contributed by atoms with E-state index in [1.54, 1.807) is 17.4 Å². The first kappa shape index (κ1) is 14.6. The van der Waals surface area contributed by atoms with Gasteiger partial charge in [0.15, 0.2) is 11.6 Å². The van der Waals surface area contributed by atoms with Gasteiger partial charge in [0.2, 0.25) is 0 Å². The van der Waals surface area contributed by atoms with Crippen molar-refractivity contribution >= 4 is 33.1 Å². The van der Waals surface area contributed by atoms with Crippen LogP contribution in [0.1, 0.15) is 22.3 Å². The molecule has 0 atom stereocenters. The van der Waals surface area contributed by atoms with Gasteiger partial charge in [-0.05, 0) is 42.8 Å².